The van der Waals surface area contributed by atoms with Gasteiger partial charge < -0.3 is 20.6 Å². The van der Waals surface area contributed by atoms with Gasteiger partial charge in [-0.15, -0.1) is 0 Å². The van der Waals surface area contributed by atoms with Crippen LogP contribution in [-0.4, -0.2) is 60.0 Å². The second-order valence-electron chi connectivity index (χ2n) is 9.76. The SMILES string of the molecule is O=C(CNc1c(-c2ccccc2)nc2cc(ONC(=O)CNc3c(-c4ccc(C(=O)O)cc4)nc4ccccn34)ccn12)NO. The predicted molar refractivity (Wildman–Crippen MR) is 164 cm³/mol. The molecule has 14 heteroatoms. The van der Waals surface area contributed by atoms with Crippen LogP contribution in [0, 0.1) is 0 Å². The van der Waals surface area contributed by atoms with Gasteiger partial charge in [0.25, 0.3) is 11.8 Å². The Hall–Kier alpha value is -6.41. The van der Waals surface area contributed by atoms with Crippen molar-refractivity contribution < 1.29 is 29.5 Å². The Labute approximate surface area is 254 Å². The number of hydrogen-bond donors (Lipinski definition) is 6. The number of benzene rings is 2. The third-order valence-electron chi connectivity index (χ3n) is 6.82. The zero-order valence-corrected chi connectivity index (χ0v) is 23.5. The average Bonchev–Trinajstić information content (AvgIpc) is 3.63. The summed E-state index contributed by atoms with van der Waals surface area (Å²) >= 11 is 0. The van der Waals surface area contributed by atoms with Crippen LogP contribution in [0.2, 0.25) is 0 Å². The fraction of sp³-hybridized carbons (Fsp3) is 0.0645. The minimum Gasteiger partial charge on any atom is -0.478 e. The zero-order chi connectivity index (χ0) is 31.3. The van der Waals surface area contributed by atoms with Crippen molar-refractivity contribution in [3.8, 4) is 28.3 Å². The molecule has 45 heavy (non-hydrogen) atoms. The van der Waals surface area contributed by atoms with Gasteiger partial charge in [0, 0.05) is 35.7 Å². The second-order valence-corrected chi connectivity index (χ2v) is 9.76. The summed E-state index contributed by atoms with van der Waals surface area (Å²) < 4.78 is 3.51. The Morgan fingerprint density at radius 3 is 2.02 bits per heavy atom. The van der Waals surface area contributed by atoms with E-state index in [1.807, 2.05) is 48.5 Å². The number of carbonyl (C=O) groups excluding carboxylic acids is 2. The summed E-state index contributed by atoms with van der Waals surface area (Å²) in [5.41, 5.74) is 7.90. The third kappa shape index (κ3) is 6.07. The molecule has 0 saturated carbocycles. The molecular formula is C31H26N8O6. The maximum atomic E-state index is 12.8. The number of imidazole rings is 2. The smallest absolute Gasteiger partial charge is 0.335 e. The highest BCUT2D eigenvalue weighted by Crippen LogP contribution is 2.31. The molecule has 0 aliphatic carbocycles. The van der Waals surface area contributed by atoms with Gasteiger partial charge >= 0.3 is 5.97 Å². The Morgan fingerprint density at radius 1 is 0.711 bits per heavy atom. The van der Waals surface area contributed by atoms with Gasteiger partial charge in [-0.3, -0.25) is 23.6 Å². The topological polar surface area (TPSA) is 184 Å². The van der Waals surface area contributed by atoms with Gasteiger partial charge in [0.2, 0.25) is 0 Å². The van der Waals surface area contributed by atoms with Crippen LogP contribution in [0.4, 0.5) is 11.6 Å². The predicted octanol–water partition coefficient (Wildman–Crippen LogP) is 3.45. The number of amides is 2. The lowest BCUT2D eigenvalue weighted by Gasteiger charge is -2.11. The summed E-state index contributed by atoms with van der Waals surface area (Å²) in [5, 5.41) is 24.2. The highest BCUT2D eigenvalue weighted by atomic mass is 16.7. The first-order valence-corrected chi connectivity index (χ1v) is 13.7. The standard InChI is InChI=1S/C31H26N8O6/c40-25(36-44)17-32-30-27(19-6-2-1-3-7-19)35-24-16-22(13-15-39(24)30)45-37-26(41)18-33-29-28(34-23-8-4-5-14-38(23)29)20-9-11-21(12-10-20)31(42)43/h1-16,32-33,44H,17-18H2,(H,36,40)(H,37,41)(H,42,43). The van der Waals surface area contributed by atoms with Crippen LogP contribution in [0.5, 0.6) is 5.75 Å². The number of fused-ring (bicyclic) bond motifs is 2. The van der Waals surface area contributed by atoms with E-state index < -0.39 is 17.8 Å². The summed E-state index contributed by atoms with van der Waals surface area (Å²) in [6.07, 6.45) is 3.48. The maximum Gasteiger partial charge on any atom is 0.335 e. The van der Waals surface area contributed by atoms with E-state index in [-0.39, 0.29) is 18.7 Å². The number of anilines is 2. The van der Waals surface area contributed by atoms with E-state index in [1.54, 1.807) is 50.9 Å². The molecule has 14 nitrogen and oxygen atoms in total. The van der Waals surface area contributed by atoms with Crippen LogP contribution in [0.25, 0.3) is 33.8 Å². The van der Waals surface area contributed by atoms with Crippen molar-refractivity contribution in [3.05, 3.63) is 103 Å². The number of hydrogen-bond acceptors (Lipinski definition) is 9. The van der Waals surface area contributed by atoms with Crippen molar-refractivity contribution in [1.82, 2.24) is 29.7 Å². The largest absolute Gasteiger partial charge is 0.478 e. The number of carbonyl (C=O) groups is 3. The Balaban J connectivity index is 1.17. The molecule has 0 aliphatic rings. The number of carboxylic acid groups (broad SMARTS) is 1. The summed E-state index contributed by atoms with van der Waals surface area (Å²) in [6, 6.07) is 24.4. The van der Waals surface area contributed by atoms with E-state index in [9.17, 15) is 19.5 Å². The number of hydroxylamine groups is 2. The lowest BCUT2D eigenvalue weighted by Crippen LogP contribution is -2.32. The molecule has 0 fully saturated rings. The summed E-state index contributed by atoms with van der Waals surface area (Å²) in [6.45, 7) is -0.346. The molecule has 0 unspecified atom stereocenters. The van der Waals surface area contributed by atoms with Crippen LogP contribution in [0.15, 0.2) is 97.3 Å². The normalized spacial score (nSPS) is 10.9. The fourth-order valence-corrected chi connectivity index (χ4v) is 4.71. The number of pyridine rings is 2. The monoisotopic (exact) mass is 606 g/mol. The average molecular weight is 607 g/mol. The maximum absolute atomic E-state index is 12.8. The number of carboxylic acids is 1. The Bertz CT molecular complexity index is 2020. The molecule has 0 saturated heterocycles. The van der Waals surface area contributed by atoms with Gasteiger partial charge in [0.1, 0.15) is 34.3 Å². The van der Waals surface area contributed by atoms with E-state index in [4.69, 9.17) is 10.0 Å². The van der Waals surface area contributed by atoms with E-state index in [0.717, 1.165) is 5.56 Å². The molecule has 2 amide bonds. The van der Waals surface area contributed by atoms with Crippen molar-refractivity contribution in [2.75, 3.05) is 23.7 Å². The van der Waals surface area contributed by atoms with Gasteiger partial charge in [-0.1, -0.05) is 48.5 Å². The molecule has 0 aliphatic heterocycles. The Kier molecular flexibility index (Phi) is 7.94. The van der Waals surface area contributed by atoms with E-state index in [1.165, 1.54) is 12.1 Å². The molecule has 6 rings (SSSR count). The third-order valence-corrected chi connectivity index (χ3v) is 6.82. The minimum absolute atomic E-state index is 0.153. The van der Waals surface area contributed by atoms with Gasteiger partial charge in [-0.25, -0.2) is 20.2 Å². The highest BCUT2D eigenvalue weighted by Gasteiger charge is 2.18. The summed E-state index contributed by atoms with van der Waals surface area (Å²) in [7, 11) is 0. The first-order valence-electron chi connectivity index (χ1n) is 13.7. The van der Waals surface area contributed by atoms with Gasteiger partial charge in [0.15, 0.2) is 5.75 Å². The lowest BCUT2D eigenvalue weighted by molar-refractivity contribution is -0.127. The first-order chi connectivity index (χ1) is 21.9. The van der Waals surface area contributed by atoms with Gasteiger partial charge in [-0.2, -0.15) is 5.48 Å². The molecule has 4 aromatic heterocycles. The molecule has 0 spiro atoms. The molecule has 4 heterocycles. The molecule has 0 radical (unpaired) electrons. The van der Waals surface area contributed by atoms with Crippen molar-refractivity contribution >= 4 is 40.7 Å². The van der Waals surface area contributed by atoms with Crippen LogP contribution in [0.1, 0.15) is 10.4 Å². The van der Waals surface area contributed by atoms with Crippen LogP contribution >= 0.6 is 0 Å². The van der Waals surface area contributed by atoms with Crippen LogP contribution < -0.4 is 26.4 Å². The number of nitrogens with one attached hydrogen (secondary N) is 4. The molecule has 226 valence electrons. The molecule has 6 aromatic rings. The fourth-order valence-electron chi connectivity index (χ4n) is 4.71. The second kappa shape index (κ2) is 12.4. The minimum atomic E-state index is -1.03. The van der Waals surface area contributed by atoms with Crippen molar-refractivity contribution in [1.29, 1.82) is 0 Å². The number of rotatable bonds is 11. The quantitative estimate of drug-likeness (QED) is 0.0943. The first kappa shape index (κ1) is 28.7. The van der Waals surface area contributed by atoms with E-state index >= 15 is 0 Å². The molecule has 0 bridgehead atoms. The van der Waals surface area contributed by atoms with Gasteiger partial charge in [-0.05, 0) is 24.3 Å². The number of aromatic nitrogens is 4. The number of aromatic carboxylic acids is 1. The summed E-state index contributed by atoms with van der Waals surface area (Å²) in [4.78, 5) is 50.7. The molecule has 0 atom stereocenters. The van der Waals surface area contributed by atoms with Crippen LogP contribution in [-0.2, 0) is 9.59 Å². The molecule has 6 N–H and O–H groups in total. The van der Waals surface area contributed by atoms with E-state index in [0.29, 0.717) is 45.6 Å². The highest BCUT2D eigenvalue weighted by molar-refractivity contribution is 5.89. The zero-order valence-electron chi connectivity index (χ0n) is 23.5. The van der Waals surface area contributed by atoms with Gasteiger partial charge in [0.05, 0.1) is 18.7 Å². The van der Waals surface area contributed by atoms with Crippen molar-refractivity contribution in [2.24, 2.45) is 0 Å². The molecular weight excluding hydrogens is 580 g/mol. The van der Waals surface area contributed by atoms with Crippen molar-refractivity contribution in [3.63, 3.8) is 0 Å². The van der Waals surface area contributed by atoms with E-state index in [2.05, 4.69) is 26.1 Å². The lowest BCUT2D eigenvalue weighted by atomic mass is 10.1. The molecule has 2 aromatic carbocycles. The number of nitrogens with zero attached hydrogens (tertiary/aromatic N) is 4. The van der Waals surface area contributed by atoms with Crippen LogP contribution in [0.3, 0.4) is 0 Å². The van der Waals surface area contributed by atoms with Crippen molar-refractivity contribution in [2.45, 2.75) is 0 Å². The summed E-state index contributed by atoms with van der Waals surface area (Å²) in [5.74, 6) is -0.730. The Morgan fingerprint density at radius 2 is 1.33 bits per heavy atom.